The number of carbonyl (C=O) groups is 2. The molecule has 0 bridgehead atoms. The predicted octanol–water partition coefficient (Wildman–Crippen LogP) is 2.66. The highest BCUT2D eigenvalue weighted by molar-refractivity contribution is 6.00. The number of nitrogens with zero attached hydrogens (tertiary/aromatic N) is 1. The maximum atomic E-state index is 12.7. The van der Waals surface area contributed by atoms with Gasteiger partial charge in [-0.25, -0.2) is 4.79 Å². The number of fused-ring (bicyclic) bond motifs is 3. The number of nitrogens with one attached hydrogen (secondary N) is 1. The van der Waals surface area contributed by atoms with Crippen molar-refractivity contribution in [1.29, 1.82) is 0 Å². The molecule has 5 heteroatoms. The third-order valence-electron chi connectivity index (χ3n) is 4.23. The molecule has 1 saturated carbocycles. The summed E-state index contributed by atoms with van der Waals surface area (Å²) in [5, 5.41) is 2.77. The number of rotatable bonds is 1. The van der Waals surface area contributed by atoms with Crippen molar-refractivity contribution in [2.75, 3.05) is 11.9 Å². The molecule has 0 unspecified atom stereocenters. The standard InChI is InChI=1S/C17H22N2O3/c1-17(2,3)22-16(21)18-14-12-9-11(12)10-7-5-6-8-13(10)19(4)15(14)20/h5-8,11-12,14H,9H2,1-4H3,(H,18,21)/t11-,12-,14-/m0/s1. The molecule has 1 fully saturated rings. The predicted molar refractivity (Wildman–Crippen MR) is 83.9 cm³/mol. The highest BCUT2D eigenvalue weighted by Crippen LogP contribution is 2.54. The van der Waals surface area contributed by atoms with Crippen molar-refractivity contribution < 1.29 is 14.3 Å². The van der Waals surface area contributed by atoms with Gasteiger partial charge in [0.05, 0.1) is 0 Å². The van der Waals surface area contributed by atoms with Gasteiger partial charge in [0.1, 0.15) is 11.6 Å². The van der Waals surface area contributed by atoms with Crippen LogP contribution < -0.4 is 10.2 Å². The summed E-state index contributed by atoms with van der Waals surface area (Å²) in [5.41, 5.74) is 1.56. The lowest BCUT2D eigenvalue weighted by atomic mass is 10.1. The first-order chi connectivity index (χ1) is 10.3. The number of para-hydroxylation sites is 1. The molecular weight excluding hydrogens is 280 g/mol. The molecule has 3 atom stereocenters. The Labute approximate surface area is 130 Å². The van der Waals surface area contributed by atoms with Crippen LogP contribution in [0.25, 0.3) is 0 Å². The van der Waals surface area contributed by atoms with Crippen molar-refractivity contribution in [2.24, 2.45) is 5.92 Å². The third kappa shape index (κ3) is 2.67. The molecule has 0 aromatic heterocycles. The summed E-state index contributed by atoms with van der Waals surface area (Å²) in [4.78, 5) is 26.4. The zero-order valence-corrected chi connectivity index (χ0v) is 13.4. The summed E-state index contributed by atoms with van der Waals surface area (Å²) in [7, 11) is 1.76. The minimum Gasteiger partial charge on any atom is -0.444 e. The summed E-state index contributed by atoms with van der Waals surface area (Å²) in [6, 6.07) is 7.44. The monoisotopic (exact) mass is 302 g/mol. The summed E-state index contributed by atoms with van der Waals surface area (Å²) in [6.45, 7) is 5.43. The van der Waals surface area contributed by atoms with E-state index < -0.39 is 17.7 Å². The zero-order valence-electron chi connectivity index (χ0n) is 13.4. The fourth-order valence-electron chi connectivity index (χ4n) is 3.16. The maximum absolute atomic E-state index is 12.7. The molecule has 1 aliphatic carbocycles. The van der Waals surface area contributed by atoms with Crippen LogP contribution in [-0.4, -0.2) is 30.7 Å². The highest BCUT2D eigenvalue weighted by Gasteiger charge is 2.52. The van der Waals surface area contributed by atoms with Crippen LogP contribution in [0, 0.1) is 5.92 Å². The van der Waals surface area contributed by atoms with Crippen LogP contribution in [0.5, 0.6) is 0 Å². The number of hydrogen-bond acceptors (Lipinski definition) is 3. The molecule has 0 radical (unpaired) electrons. The van der Waals surface area contributed by atoms with E-state index in [0.29, 0.717) is 5.92 Å². The van der Waals surface area contributed by atoms with E-state index in [-0.39, 0.29) is 11.8 Å². The topological polar surface area (TPSA) is 58.6 Å². The molecule has 0 saturated heterocycles. The van der Waals surface area contributed by atoms with Gasteiger partial charge in [-0.1, -0.05) is 18.2 Å². The summed E-state index contributed by atoms with van der Waals surface area (Å²) in [6.07, 6.45) is 0.396. The lowest BCUT2D eigenvalue weighted by Crippen LogP contribution is -2.49. The second-order valence-corrected chi connectivity index (χ2v) is 7.09. The molecule has 1 aromatic rings. The van der Waals surface area contributed by atoms with Gasteiger partial charge in [-0.05, 0) is 50.7 Å². The smallest absolute Gasteiger partial charge is 0.408 e. The van der Waals surface area contributed by atoms with Gasteiger partial charge in [0.15, 0.2) is 0 Å². The van der Waals surface area contributed by atoms with E-state index in [4.69, 9.17) is 4.74 Å². The molecule has 22 heavy (non-hydrogen) atoms. The van der Waals surface area contributed by atoms with Gasteiger partial charge < -0.3 is 15.0 Å². The Morgan fingerprint density at radius 1 is 1.32 bits per heavy atom. The SMILES string of the molecule is CN1C(=O)[C@@H](NC(=O)OC(C)(C)C)[C@H]2C[C@H]2c2ccccc21. The largest absolute Gasteiger partial charge is 0.444 e. The first-order valence-corrected chi connectivity index (χ1v) is 7.64. The summed E-state index contributed by atoms with van der Waals surface area (Å²) >= 11 is 0. The number of ether oxygens (including phenoxy) is 1. The lowest BCUT2D eigenvalue weighted by Gasteiger charge is -2.25. The number of anilines is 1. The lowest BCUT2D eigenvalue weighted by molar-refractivity contribution is -0.120. The van der Waals surface area contributed by atoms with Crippen molar-refractivity contribution in [3.8, 4) is 0 Å². The Morgan fingerprint density at radius 3 is 2.68 bits per heavy atom. The minimum atomic E-state index is -0.574. The van der Waals surface area contributed by atoms with Crippen LogP contribution in [0.2, 0.25) is 0 Å². The first kappa shape index (κ1) is 14.9. The third-order valence-corrected chi connectivity index (χ3v) is 4.23. The van der Waals surface area contributed by atoms with E-state index in [1.165, 1.54) is 5.56 Å². The van der Waals surface area contributed by atoms with Gasteiger partial charge in [0.25, 0.3) is 0 Å². The fourth-order valence-corrected chi connectivity index (χ4v) is 3.16. The number of amides is 2. The van der Waals surface area contributed by atoms with Gasteiger partial charge >= 0.3 is 6.09 Å². The molecule has 1 heterocycles. The average molecular weight is 302 g/mol. The first-order valence-electron chi connectivity index (χ1n) is 7.64. The van der Waals surface area contributed by atoms with Gasteiger partial charge in [0, 0.05) is 12.7 Å². The molecule has 2 amide bonds. The second kappa shape index (κ2) is 5.00. The Bertz CT molecular complexity index is 621. The van der Waals surface area contributed by atoms with Crippen molar-refractivity contribution in [3.63, 3.8) is 0 Å². The quantitative estimate of drug-likeness (QED) is 0.867. The molecule has 118 valence electrons. The number of carbonyl (C=O) groups excluding carboxylic acids is 2. The van der Waals surface area contributed by atoms with E-state index in [2.05, 4.69) is 11.4 Å². The van der Waals surface area contributed by atoms with Crippen LogP contribution in [0.4, 0.5) is 10.5 Å². The fraction of sp³-hybridized carbons (Fsp3) is 0.529. The van der Waals surface area contributed by atoms with Gasteiger partial charge in [-0.15, -0.1) is 0 Å². The zero-order chi connectivity index (χ0) is 16.1. The van der Waals surface area contributed by atoms with Crippen LogP contribution in [0.15, 0.2) is 24.3 Å². The van der Waals surface area contributed by atoms with Crippen molar-refractivity contribution in [2.45, 2.75) is 44.8 Å². The molecule has 1 N–H and O–H groups in total. The Kier molecular flexibility index (Phi) is 3.38. The molecule has 5 nitrogen and oxygen atoms in total. The molecule has 2 aliphatic rings. The van der Waals surface area contributed by atoms with Crippen LogP contribution in [-0.2, 0) is 9.53 Å². The molecule has 1 aliphatic heterocycles. The maximum Gasteiger partial charge on any atom is 0.408 e. The van der Waals surface area contributed by atoms with Gasteiger partial charge in [-0.3, -0.25) is 4.79 Å². The molecule has 0 spiro atoms. The van der Waals surface area contributed by atoms with Crippen molar-refractivity contribution in [3.05, 3.63) is 29.8 Å². The van der Waals surface area contributed by atoms with Gasteiger partial charge in [-0.2, -0.15) is 0 Å². The van der Waals surface area contributed by atoms with Crippen LogP contribution >= 0.6 is 0 Å². The molecular formula is C17H22N2O3. The number of alkyl carbamates (subject to hydrolysis) is 1. The van der Waals surface area contributed by atoms with E-state index in [0.717, 1.165) is 12.1 Å². The van der Waals surface area contributed by atoms with E-state index in [9.17, 15) is 9.59 Å². The van der Waals surface area contributed by atoms with E-state index in [1.54, 1.807) is 11.9 Å². The second-order valence-electron chi connectivity index (χ2n) is 7.09. The van der Waals surface area contributed by atoms with Crippen molar-refractivity contribution in [1.82, 2.24) is 5.32 Å². The summed E-state index contributed by atoms with van der Waals surface area (Å²) < 4.78 is 5.29. The van der Waals surface area contributed by atoms with Crippen LogP contribution in [0.3, 0.4) is 0 Å². The molecule has 1 aromatic carbocycles. The average Bonchev–Trinajstić information content (AvgIpc) is 3.21. The van der Waals surface area contributed by atoms with Gasteiger partial charge in [0.2, 0.25) is 5.91 Å². The normalized spacial score (nSPS) is 26.6. The Morgan fingerprint density at radius 2 is 2.00 bits per heavy atom. The Balaban J connectivity index is 1.81. The summed E-state index contributed by atoms with van der Waals surface area (Å²) in [5.74, 6) is 0.416. The number of likely N-dealkylation sites (N-methyl/N-ethyl adjacent to an activating group) is 1. The minimum absolute atomic E-state index is 0.0803. The van der Waals surface area contributed by atoms with Crippen molar-refractivity contribution >= 4 is 17.7 Å². The van der Waals surface area contributed by atoms with Crippen LogP contribution in [0.1, 0.15) is 38.7 Å². The molecule has 3 rings (SSSR count). The Hall–Kier alpha value is -2.04. The number of benzene rings is 1. The highest BCUT2D eigenvalue weighted by atomic mass is 16.6. The van der Waals surface area contributed by atoms with E-state index in [1.807, 2.05) is 39.0 Å². The number of hydrogen-bond donors (Lipinski definition) is 1. The van der Waals surface area contributed by atoms with E-state index >= 15 is 0 Å².